The van der Waals surface area contributed by atoms with Crippen LogP contribution in [-0.4, -0.2) is 71.5 Å². The first-order chi connectivity index (χ1) is 9.45. The average Bonchev–Trinajstić information content (AvgIpc) is 2.38. The summed E-state index contributed by atoms with van der Waals surface area (Å²) in [6.45, 7) is 3.69. The molecule has 0 aliphatic carbocycles. The fourth-order valence-electron chi connectivity index (χ4n) is 2.55. The first-order valence-corrected chi connectivity index (χ1v) is 8.94. The molecule has 1 fully saturated rings. The third-order valence-corrected chi connectivity index (χ3v) is 5.21. The van der Waals surface area contributed by atoms with Crippen molar-refractivity contribution in [3.8, 4) is 0 Å². The molecule has 0 radical (unpaired) electrons. The van der Waals surface area contributed by atoms with Gasteiger partial charge < -0.3 is 10.2 Å². The molecule has 0 aromatic carbocycles. The summed E-state index contributed by atoms with van der Waals surface area (Å²) in [4.78, 5) is 2.11. The maximum atomic E-state index is 12.2. The molecule has 7 heteroatoms. The van der Waals surface area contributed by atoms with E-state index < -0.39 is 10.2 Å². The van der Waals surface area contributed by atoms with E-state index in [1.807, 2.05) is 21.1 Å². The van der Waals surface area contributed by atoms with Gasteiger partial charge in [0.25, 0.3) is 10.2 Å². The lowest BCUT2D eigenvalue weighted by Crippen LogP contribution is -2.47. The van der Waals surface area contributed by atoms with Crippen molar-refractivity contribution >= 4 is 10.2 Å². The van der Waals surface area contributed by atoms with Crippen LogP contribution in [-0.2, 0) is 10.2 Å². The Balaban J connectivity index is 2.32. The molecule has 1 unspecified atom stereocenters. The van der Waals surface area contributed by atoms with Gasteiger partial charge in [-0.3, -0.25) is 0 Å². The van der Waals surface area contributed by atoms with Gasteiger partial charge >= 0.3 is 0 Å². The molecule has 2 N–H and O–H groups in total. The maximum absolute atomic E-state index is 12.2. The molecule has 0 bridgehead atoms. The van der Waals surface area contributed by atoms with Crippen LogP contribution in [0.4, 0.5) is 0 Å². The number of piperidine rings is 1. The van der Waals surface area contributed by atoms with Crippen LogP contribution in [0, 0.1) is 5.92 Å². The molecule has 120 valence electrons. The van der Waals surface area contributed by atoms with Crippen molar-refractivity contribution < 1.29 is 8.42 Å². The number of hydrogen-bond acceptors (Lipinski definition) is 4. The van der Waals surface area contributed by atoms with Crippen molar-refractivity contribution in [3.05, 3.63) is 0 Å². The Hall–Kier alpha value is -0.210. The van der Waals surface area contributed by atoms with Crippen LogP contribution in [0.1, 0.15) is 25.7 Å². The lowest BCUT2D eigenvalue weighted by atomic mass is 10.00. The van der Waals surface area contributed by atoms with Crippen LogP contribution in [0.15, 0.2) is 0 Å². The third kappa shape index (κ3) is 6.49. The van der Waals surface area contributed by atoms with Gasteiger partial charge in [0.2, 0.25) is 0 Å². The monoisotopic (exact) mass is 306 g/mol. The van der Waals surface area contributed by atoms with Gasteiger partial charge in [-0.05, 0) is 65.8 Å². The number of hydrogen-bond donors (Lipinski definition) is 2. The molecule has 6 nitrogen and oxygen atoms in total. The Kier molecular flexibility index (Phi) is 7.98. The van der Waals surface area contributed by atoms with Crippen LogP contribution in [0.5, 0.6) is 0 Å². The van der Waals surface area contributed by atoms with E-state index in [0.29, 0.717) is 25.6 Å². The molecule has 1 rings (SSSR count). The predicted molar refractivity (Wildman–Crippen MR) is 82.9 cm³/mol. The van der Waals surface area contributed by atoms with E-state index in [4.69, 9.17) is 0 Å². The van der Waals surface area contributed by atoms with Gasteiger partial charge in [-0.1, -0.05) is 0 Å². The summed E-state index contributed by atoms with van der Waals surface area (Å²) < 4.78 is 28.8. The Morgan fingerprint density at radius 1 is 1.30 bits per heavy atom. The fraction of sp³-hybridized carbons (Fsp3) is 1.00. The molecular weight excluding hydrogens is 276 g/mol. The molecule has 1 aliphatic heterocycles. The van der Waals surface area contributed by atoms with Gasteiger partial charge in [0, 0.05) is 19.6 Å². The highest BCUT2D eigenvalue weighted by Gasteiger charge is 2.27. The van der Waals surface area contributed by atoms with E-state index in [9.17, 15) is 8.42 Å². The highest BCUT2D eigenvalue weighted by atomic mass is 32.2. The molecule has 0 saturated carbocycles. The molecule has 1 aliphatic rings. The Morgan fingerprint density at radius 2 is 2.05 bits per heavy atom. The minimum Gasteiger partial charge on any atom is -0.319 e. The number of nitrogens with zero attached hydrogens (tertiary/aromatic N) is 2. The maximum Gasteiger partial charge on any atom is 0.279 e. The topological polar surface area (TPSA) is 64.7 Å². The van der Waals surface area contributed by atoms with Crippen LogP contribution in [0.2, 0.25) is 0 Å². The van der Waals surface area contributed by atoms with E-state index in [1.165, 1.54) is 0 Å². The summed E-state index contributed by atoms with van der Waals surface area (Å²) in [5, 5.41) is 3.13. The summed E-state index contributed by atoms with van der Waals surface area (Å²) in [5.41, 5.74) is 0. The van der Waals surface area contributed by atoms with Gasteiger partial charge in [0.1, 0.15) is 0 Å². The molecule has 0 amide bonds. The molecule has 1 atom stereocenters. The van der Waals surface area contributed by atoms with Crippen LogP contribution < -0.4 is 10.0 Å². The van der Waals surface area contributed by atoms with Crippen LogP contribution in [0.25, 0.3) is 0 Å². The van der Waals surface area contributed by atoms with Crippen molar-refractivity contribution in [1.29, 1.82) is 0 Å². The minimum atomic E-state index is -3.29. The van der Waals surface area contributed by atoms with Gasteiger partial charge in [-0.15, -0.1) is 0 Å². The van der Waals surface area contributed by atoms with Crippen molar-refractivity contribution in [2.75, 3.05) is 53.9 Å². The Bertz CT molecular complexity index is 357. The number of rotatable bonds is 9. The highest BCUT2D eigenvalue weighted by Crippen LogP contribution is 2.17. The zero-order valence-electron chi connectivity index (χ0n) is 13.1. The Labute approximate surface area is 124 Å². The lowest BCUT2D eigenvalue weighted by molar-refractivity contribution is 0.261. The quantitative estimate of drug-likeness (QED) is 0.593. The molecule has 1 saturated heterocycles. The van der Waals surface area contributed by atoms with Gasteiger partial charge in [-0.25, -0.2) is 4.72 Å². The molecule has 0 spiro atoms. The highest BCUT2D eigenvalue weighted by molar-refractivity contribution is 7.87. The lowest BCUT2D eigenvalue weighted by Gasteiger charge is -2.31. The first kappa shape index (κ1) is 17.8. The summed E-state index contributed by atoms with van der Waals surface area (Å²) >= 11 is 0. The summed E-state index contributed by atoms with van der Waals surface area (Å²) in [6.07, 6.45) is 3.95. The van der Waals surface area contributed by atoms with Crippen molar-refractivity contribution in [1.82, 2.24) is 19.2 Å². The Morgan fingerprint density at radius 3 is 2.70 bits per heavy atom. The second-order valence-corrected chi connectivity index (χ2v) is 7.59. The first-order valence-electron chi connectivity index (χ1n) is 7.49. The van der Waals surface area contributed by atoms with Crippen molar-refractivity contribution in [2.45, 2.75) is 25.7 Å². The van der Waals surface area contributed by atoms with Gasteiger partial charge in [0.05, 0.1) is 0 Å². The number of unbranched alkanes of at least 4 members (excludes halogenated alkanes) is 1. The molecule has 20 heavy (non-hydrogen) atoms. The van der Waals surface area contributed by atoms with E-state index >= 15 is 0 Å². The molecular formula is C13H30N4O2S. The smallest absolute Gasteiger partial charge is 0.279 e. The van der Waals surface area contributed by atoms with Crippen molar-refractivity contribution in [3.63, 3.8) is 0 Å². The third-order valence-electron chi connectivity index (χ3n) is 3.63. The molecule has 0 aromatic rings. The minimum absolute atomic E-state index is 0.430. The average molecular weight is 306 g/mol. The normalized spacial score (nSPS) is 21.5. The second kappa shape index (κ2) is 8.94. The van der Waals surface area contributed by atoms with E-state index in [-0.39, 0.29) is 0 Å². The zero-order chi connectivity index (χ0) is 15.0. The SMILES string of the molecule is CNCC1CCCN(S(=O)(=O)NCCCCN(C)C)C1. The molecule has 0 aromatic heterocycles. The predicted octanol–water partition coefficient (Wildman–Crippen LogP) is 0.0940. The second-order valence-electron chi connectivity index (χ2n) is 5.83. The fourth-order valence-corrected chi connectivity index (χ4v) is 3.91. The summed E-state index contributed by atoms with van der Waals surface area (Å²) in [7, 11) is 2.67. The van der Waals surface area contributed by atoms with E-state index in [1.54, 1.807) is 4.31 Å². The van der Waals surface area contributed by atoms with E-state index in [2.05, 4.69) is 14.9 Å². The van der Waals surface area contributed by atoms with Crippen molar-refractivity contribution in [2.24, 2.45) is 5.92 Å². The van der Waals surface area contributed by atoms with Gasteiger partial charge in [-0.2, -0.15) is 12.7 Å². The summed E-state index contributed by atoms with van der Waals surface area (Å²) in [6, 6.07) is 0. The largest absolute Gasteiger partial charge is 0.319 e. The standard InChI is InChI=1S/C13H30N4O2S/c1-14-11-13-7-6-10-17(12-13)20(18,19)15-8-4-5-9-16(2)3/h13-15H,4-12H2,1-3H3. The molecule has 1 heterocycles. The van der Waals surface area contributed by atoms with Gasteiger partial charge in [0.15, 0.2) is 0 Å². The number of nitrogens with one attached hydrogen (secondary N) is 2. The zero-order valence-corrected chi connectivity index (χ0v) is 13.9. The van der Waals surface area contributed by atoms with Crippen LogP contribution >= 0.6 is 0 Å². The van der Waals surface area contributed by atoms with E-state index in [0.717, 1.165) is 38.8 Å². The summed E-state index contributed by atoms with van der Waals surface area (Å²) in [5.74, 6) is 0.430. The van der Waals surface area contributed by atoms with Crippen LogP contribution in [0.3, 0.4) is 0 Å².